The highest BCUT2D eigenvalue weighted by atomic mass is 16.1. The van der Waals surface area contributed by atoms with Crippen LogP contribution < -0.4 is 10.2 Å². The number of nitrogens with one attached hydrogen (secondary N) is 1. The summed E-state index contributed by atoms with van der Waals surface area (Å²) in [6, 6.07) is 8.88. The smallest absolute Gasteiger partial charge is 0.220 e. The summed E-state index contributed by atoms with van der Waals surface area (Å²) in [7, 11) is 1.90. The quantitative estimate of drug-likeness (QED) is 0.910. The molecule has 2 aromatic rings. The monoisotopic (exact) mass is 327 g/mol. The summed E-state index contributed by atoms with van der Waals surface area (Å²) in [6.45, 7) is 4.09. The zero-order chi connectivity index (χ0) is 16.9. The molecule has 1 fully saturated rings. The number of aromatic nitrogens is 3. The molecule has 6 nitrogen and oxygen atoms in total. The molecule has 6 heteroatoms. The number of anilines is 1. The first-order valence-electron chi connectivity index (χ1n) is 8.55. The van der Waals surface area contributed by atoms with E-state index in [1.807, 2.05) is 11.6 Å². The van der Waals surface area contributed by atoms with Crippen molar-refractivity contribution in [1.82, 2.24) is 20.1 Å². The minimum Gasteiger partial charge on any atom is -0.371 e. The Morgan fingerprint density at radius 2 is 2.12 bits per heavy atom. The van der Waals surface area contributed by atoms with Crippen molar-refractivity contribution < 1.29 is 4.79 Å². The van der Waals surface area contributed by atoms with E-state index >= 15 is 0 Å². The van der Waals surface area contributed by atoms with Crippen LogP contribution in [0.4, 0.5) is 5.69 Å². The minimum absolute atomic E-state index is 0.104. The van der Waals surface area contributed by atoms with E-state index in [-0.39, 0.29) is 11.9 Å². The van der Waals surface area contributed by atoms with Gasteiger partial charge >= 0.3 is 0 Å². The third kappa shape index (κ3) is 4.13. The Hall–Kier alpha value is -2.37. The molecular weight excluding hydrogens is 302 g/mol. The van der Waals surface area contributed by atoms with Crippen molar-refractivity contribution in [2.45, 2.75) is 38.6 Å². The lowest BCUT2D eigenvalue weighted by Crippen LogP contribution is -2.44. The van der Waals surface area contributed by atoms with E-state index in [1.54, 1.807) is 6.33 Å². The van der Waals surface area contributed by atoms with Crippen molar-refractivity contribution in [1.29, 1.82) is 0 Å². The molecule has 1 aromatic heterocycles. The molecule has 3 rings (SSSR count). The number of hydrogen-bond acceptors (Lipinski definition) is 4. The van der Waals surface area contributed by atoms with Gasteiger partial charge in [-0.05, 0) is 37.5 Å². The molecule has 0 saturated carbocycles. The largest absolute Gasteiger partial charge is 0.371 e. The van der Waals surface area contributed by atoms with Crippen LogP contribution in [0.3, 0.4) is 0 Å². The molecule has 0 atom stereocenters. The van der Waals surface area contributed by atoms with Gasteiger partial charge in [0, 0.05) is 44.7 Å². The molecule has 128 valence electrons. The van der Waals surface area contributed by atoms with Crippen molar-refractivity contribution in [3.05, 3.63) is 42.0 Å². The topological polar surface area (TPSA) is 63.1 Å². The Morgan fingerprint density at radius 1 is 1.33 bits per heavy atom. The van der Waals surface area contributed by atoms with Crippen LogP contribution in [0.25, 0.3) is 0 Å². The first-order chi connectivity index (χ1) is 11.6. The van der Waals surface area contributed by atoms with E-state index < -0.39 is 0 Å². The molecule has 0 aliphatic carbocycles. The van der Waals surface area contributed by atoms with Crippen molar-refractivity contribution in [2.24, 2.45) is 7.05 Å². The van der Waals surface area contributed by atoms with Gasteiger partial charge in [-0.3, -0.25) is 4.79 Å². The Balaban J connectivity index is 1.43. The number of carbonyl (C=O) groups is 1. The molecule has 1 aromatic carbocycles. The average molecular weight is 327 g/mol. The molecule has 1 aliphatic heterocycles. The maximum atomic E-state index is 12.1. The van der Waals surface area contributed by atoms with Gasteiger partial charge in [0.1, 0.15) is 12.2 Å². The Kier molecular flexibility index (Phi) is 5.13. The van der Waals surface area contributed by atoms with Crippen LogP contribution in [0.5, 0.6) is 0 Å². The van der Waals surface area contributed by atoms with Gasteiger partial charge in [0.15, 0.2) is 0 Å². The van der Waals surface area contributed by atoms with Gasteiger partial charge in [-0.2, -0.15) is 0 Å². The summed E-state index contributed by atoms with van der Waals surface area (Å²) < 4.78 is 1.85. The summed E-state index contributed by atoms with van der Waals surface area (Å²) in [5.41, 5.74) is 2.56. The molecule has 0 bridgehead atoms. The highest BCUT2D eigenvalue weighted by molar-refractivity contribution is 5.76. The van der Waals surface area contributed by atoms with Gasteiger partial charge in [0.25, 0.3) is 0 Å². The van der Waals surface area contributed by atoms with Crippen LogP contribution in [0.2, 0.25) is 0 Å². The predicted molar refractivity (Wildman–Crippen MR) is 93.9 cm³/mol. The molecule has 0 unspecified atom stereocenters. The number of aryl methyl sites for hydroxylation is 3. The molecular formula is C18H25N5O. The van der Waals surface area contributed by atoms with E-state index in [1.165, 1.54) is 11.3 Å². The van der Waals surface area contributed by atoms with Crippen LogP contribution >= 0.6 is 0 Å². The number of hydrogen-bond donors (Lipinski definition) is 1. The van der Waals surface area contributed by atoms with Crippen LogP contribution in [0, 0.1) is 6.92 Å². The van der Waals surface area contributed by atoms with Crippen molar-refractivity contribution in [3.63, 3.8) is 0 Å². The van der Waals surface area contributed by atoms with Gasteiger partial charge in [-0.25, -0.2) is 0 Å². The predicted octanol–water partition coefficient (Wildman–Crippen LogP) is 1.84. The van der Waals surface area contributed by atoms with E-state index in [2.05, 4.69) is 51.6 Å². The maximum Gasteiger partial charge on any atom is 0.220 e. The van der Waals surface area contributed by atoms with E-state index in [0.717, 1.165) is 31.8 Å². The molecule has 2 heterocycles. The average Bonchev–Trinajstić information content (AvgIpc) is 2.99. The minimum atomic E-state index is 0.104. The SMILES string of the molecule is Cc1cccc(N2CCC(NC(=O)CCc3nncn3C)CC2)c1. The molecule has 0 radical (unpaired) electrons. The second-order valence-electron chi connectivity index (χ2n) is 6.53. The van der Waals surface area contributed by atoms with E-state index in [9.17, 15) is 4.79 Å². The molecule has 1 N–H and O–H groups in total. The summed E-state index contributed by atoms with van der Waals surface area (Å²) in [5.74, 6) is 0.950. The highest BCUT2D eigenvalue weighted by Crippen LogP contribution is 2.21. The third-order valence-corrected chi connectivity index (χ3v) is 4.61. The van der Waals surface area contributed by atoms with Gasteiger partial charge in [0.05, 0.1) is 0 Å². The summed E-state index contributed by atoms with van der Waals surface area (Å²) >= 11 is 0. The normalized spacial score (nSPS) is 15.5. The fourth-order valence-electron chi connectivity index (χ4n) is 3.17. The molecule has 1 saturated heterocycles. The first kappa shape index (κ1) is 16.5. The summed E-state index contributed by atoms with van der Waals surface area (Å²) in [4.78, 5) is 14.5. The maximum absolute atomic E-state index is 12.1. The van der Waals surface area contributed by atoms with Crippen LogP contribution in [0.1, 0.15) is 30.7 Å². The van der Waals surface area contributed by atoms with Gasteiger partial charge < -0.3 is 14.8 Å². The fraction of sp³-hybridized carbons (Fsp3) is 0.500. The van der Waals surface area contributed by atoms with Gasteiger partial charge in [0.2, 0.25) is 5.91 Å². The standard InChI is InChI=1S/C18H25N5O/c1-14-4-3-5-16(12-14)23-10-8-15(9-11-23)20-18(24)7-6-17-21-19-13-22(17)2/h3-5,12-13,15H,6-11H2,1-2H3,(H,20,24). The van der Waals surface area contributed by atoms with Gasteiger partial charge in [-0.1, -0.05) is 12.1 Å². The molecule has 0 spiro atoms. The van der Waals surface area contributed by atoms with Gasteiger partial charge in [-0.15, -0.1) is 10.2 Å². The number of rotatable bonds is 5. The van der Waals surface area contributed by atoms with Crippen molar-refractivity contribution in [2.75, 3.05) is 18.0 Å². The van der Waals surface area contributed by atoms with E-state index in [0.29, 0.717) is 12.8 Å². The summed E-state index contributed by atoms with van der Waals surface area (Å²) in [6.07, 6.45) is 4.73. The van der Waals surface area contributed by atoms with Crippen LogP contribution in [-0.2, 0) is 18.3 Å². The molecule has 1 amide bonds. The second-order valence-corrected chi connectivity index (χ2v) is 6.53. The van der Waals surface area contributed by atoms with Crippen LogP contribution in [0.15, 0.2) is 30.6 Å². The summed E-state index contributed by atoms with van der Waals surface area (Å²) in [5, 5.41) is 11.0. The number of nitrogens with zero attached hydrogens (tertiary/aromatic N) is 4. The lowest BCUT2D eigenvalue weighted by atomic mass is 10.0. The van der Waals surface area contributed by atoms with Crippen molar-refractivity contribution >= 4 is 11.6 Å². The van der Waals surface area contributed by atoms with Crippen LogP contribution in [-0.4, -0.2) is 39.8 Å². The molecule has 1 aliphatic rings. The number of piperidine rings is 1. The van der Waals surface area contributed by atoms with Crippen molar-refractivity contribution in [3.8, 4) is 0 Å². The Bertz CT molecular complexity index is 688. The lowest BCUT2D eigenvalue weighted by Gasteiger charge is -2.34. The first-order valence-corrected chi connectivity index (χ1v) is 8.55. The molecule has 24 heavy (non-hydrogen) atoms. The number of benzene rings is 1. The second kappa shape index (κ2) is 7.47. The van der Waals surface area contributed by atoms with E-state index in [4.69, 9.17) is 0 Å². The Morgan fingerprint density at radius 3 is 2.79 bits per heavy atom. The Labute approximate surface area is 142 Å². The fourth-order valence-corrected chi connectivity index (χ4v) is 3.17. The third-order valence-electron chi connectivity index (χ3n) is 4.61. The number of amides is 1. The number of carbonyl (C=O) groups excluding carboxylic acids is 1. The lowest BCUT2D eigenvalue weighted by molar-refractivity contribution is -0.121. The zero-order valence-electron chi connectivity index (χ0n) is 14.4. The highest BCUT2D eigenvalue weighted by Gasteiger charge is 2.21. The zero-order valence-corrected chi connectivity index (χ0v) is 14.4.